The summed E-state index contributed by atoms with van der Waals surface area (Å²) in [4.78, 5) is 26.5. The number of amides is 3. The van der Waals surface area contributed by atoms with Gasteiger partial charge in [0.2, 0.25) is 5.91 Å². The number of carbonyl (C=O) groups excluding carboxylic acids is 2. The fourth-order valence-corrected chi connectivity index (χ4v) is 5.24. The van der Waals surface area contributed by atoms with Gasteiger partial charge in [0, 0.05) is 30.0 Å². The first-order chi connectivity index (χ1) is 11.6. The standard InChI is InChI=1S/C18H25N3O2S/c19-18(23)20-14(12-13-6-2-1-3-7-13)17(22)21-10-11-24-16-9-5-4-8-15(16)21/h1-3,6-7,14-16H,4-5,8-12H2,(H3,19,20,23)/t14-,15+,16-/m1/s1. The van der Waals surface area contributed by atoms with Crippen LogP contribution in [-0.2, 0) is 11.2 Å². The van der Waals surface area contributed by atoms with E-state index in [1.165, 1.54) is 19.3 Å². The molecule has 6 heteroatoms. The SMILES string of the molecule is NC(=O)N[C@H](Cc1ccccc1)C(=O)N1CCS[C@@H]2CCCC[C@@H]21. The number of fused-ring (bicyclic) bond motifs is 1. The minimum Gasteiger partial charge on any atom is -0.352 e. The highest BCUT2D eigenvalue weighted by Crippen LogP contribution is 2.35. The number of nitrogens with zero attached hydrogens (tertiary/aromatic N) is 1. The van der Waals surface area contributed by atoms with Crippen molar-refractivity contribution in [3.05, 3.63) is 35.9 Å². The fraction of sp³-hybridized carbons (Fsp3) is 0.556. The molecule has 1 heterocycles. The van der Waals surface area contributed by atoms with Gasteiger partial charge in [0.05, 0.1) is 0 Å². The quantitative estimate of drug-likeness (QED) is 0.876. The lowest BCUT2D eigenvalue weighted by atomic mass is 9.92. The molecule has 0 spiro atoms. The summed E-state index contributed by atoms with van der Waals surface area (Å²) < 4.78 is 0. The average molecular weight is 347 g/mol. The van der Waals surface area contributed by atoms with Crippen LogP contribution in [0.15, 0.2) is 30.3 Å². The predicted molar refractivity (Wildman–Crippen MR) is 96.9 cm³/mol. The van der Waals surface area contributed by atoms with Gasteiger partial charge in [-0.05, 0) is 18.4 Å². The maximum Gasteiger partial charge on any atom is 0.312 e. The Bertz CT molecular complexity index is 579. The second kappa shape index (κ2) is 7.92. The van der Waals surface area contributed by atoms with Gasteiger partial charge in [0.25, 0.3) is 0 Å². The summed E-state index contributed by atoms with van der Waals surface area (Å²) in [7, 11) is 0. The largest absolute Gasteiger partial charge is 0.352 e. The molecule has 0 unspecified atom stereocenters. The van der Waals surface area contributed by atoms with E-state index < -0.39 is 12.1 Å². The van der Waals surface area contributed by atoms with Crippen molar-refractivity contribution in [3.63, 3.8) is 0 Å². The number of hydrogen-bond acceptors (Lipinski definition) is 3. The van der Waals surface area contributed by atoms with Crippen LogP contribution < -0.4 is 11.1 Å². The van der Waals surface area contributed by atoms with E-state index in [9.17, 15) is 9.59 Å². The van der Waals surface area contributed by atoms with Crippen molar-refractivity contribution in [2.24, 2.45) is 5.73 Å². The first-order valence-corrected chi connectivity index (χ1v) is 9.72. The molecule has 1 saturated carbocycles. The first-order valence-electron chi connectivity index (χ1n) is 8.67. The number of urea groups is 1. The molecular formula is C18H25N3O2S. The van der Waals surface area contributed by atoms with Crippen LogP contribution in [0.1, 0.15) is 31.2 Å². The van der Waals surface area contributed by atoms with Crippen molar-refractivity contribution >= 4 is 23.7 Å². The third-order valence-electron chi connectivity index (χ3n) is 4.91. The smallest absolute Gasteiger partial charge is 0.312 e. The number of primary amides is 1. The van der Waals surface area contributed by atoms with Gasteiger partial charge in [0.15, 0.2) is 0 Å². The first kappa shape index (κ1) is 17.1. The summed E-state index contributed by atoms with van der Waals surface area (Å²) >= 11 is 1.99. The molecule has 1 saturated heterocycles. The zero-order valence-corrected chi connectivity index (χ0v) is 14.6. The van der Waals surface area contributed by atoms with Crippen LogP contribution in [0, 0.1) is 0 Å². The molecule has 24 heavy (non-hydrogen) atoms. The highest BCUT2D eigenvalue weighted by molar-refractivity contribution is 8.00. The second-order valence-electron chi connectivity index (χ2n) is 6.54. The lowest BCUT2D eigenvalue weighted by molar-refractivity contribution is -0.136. The summed E-state index contributed by atoms with van der Waals surface area (Å²) in [5.41, 5.74) is 6.35. The topological polar surface area (TPSA) is 75.4 Å². The van der Waals surface area contributed by atoms with Crippen LogP contribution in [0.5, 0.6) is 0 Å². The molecule has 0 aromatic heterocycles. The lowest BCUT2D eigenvalue weighted by Crippen LogP contribution is -2.58. The molecule has 1 aromatic carbocycles. The molecule has 0 radical (unpaired) electrons. The summed E-state index contributed by atoms with van der Waals surface area (Å²) in [6, 6.07) is 8.84. The van der Waals surface area contributed by atoms with Crippen molar-refractivity contribution in [1.82, 2.24) is 10.2 Å². The second-order valence-corrected chi connectivity index (χ2v) is 7.89. The molecule has 3 rings (SSSR count). The maximum absolute atomic E-state index is 13.1. The number of hydrogen-bond donors (Lipinski definition) is 2. The van der Waals surface area contributed by atoms with Crippen LogP contribution in [0.3, 0.4) is 0 Å². The van der Waals surface area contributed by atoms with Crippen LogP contribution in [0.2, 0.25) is 0 Å². The molecule has 1 aliphatic carbocycles. The van der Waals surface area contributed by atoms with Gasteiger partial charge < -0.3 is 16.0 Å². The van der Waals surface area contributed by atoms with Gasteiger partial charge in [-0.25, -0.2) is 4.79 Å². The number of thioether (sulfide) groups is 1. The number of nitrogens with one attached hydrogen (secondary N) is 1. The Morgan fingerprint density at radius 1 is 1.25 bits per heavy atom. The van der Waals surface area contributed by atoms with E-state index in [0.29, 0.717) is 17.7 Å². The molecule has 1 aliphatic heterocycles. The highest BCUT2D eigenvalue weighted by atomic mass is 32.2. The lowest BCUT2D eigenvalue weighted by Gasteiger charge is -2.44. The molecule has 130 valence electrons. The molecule has 5 nitrogen and oxygen atoms in total. The number of rotatable bonds is 4. The van der Waals surface area contributed by atoms with E-state index in [2.05, 4.69) is 5.32 Å². The Balaban J connectivity index is 1.75. The van der Waals surface area contributed by atoms with Crippen LogP contribution in [0.4, 0.5) is 4.79 Å². The monoisotopic (exact) mass is 347 g/mol. The average Bonchev–Trinajstić information content (AvgIpc) is 2.60. The van der Waals surface area contributed by atoms with Gasteiger partial charge >= 0.3 is 6.03 Å². The normalized spacial score (nSPS) is 24.8. The predicted octanol–water partition coefficient (Wildman–Crippen LogP) is 2.15. The molecule has 3 N–H and O–H groups in total. The molecule has 0 bridgehead atoms. The van der Waals surface area contributed by atoms with Gasteiger partial charge in [-0.2, -0.15) is 11.8 Å². The van der Waals surface area contributed by atoms with E-state index in [4.69, 9.17) is 5.73 Å². The third-order valence-corrected chi connectivity index (χ3v) is 6.31. The van der Waals surface area contributed by atoms with Gasteiger partial charge in [0.1, 0.15) is 6.04 Å². The van der Waals surface area contributed by atoms with Crippen molar-refractivity contribution in [2.75, 3.05) is 12.3 Å². The minimum absolute atomic E-state index is 0.00912. The van der Waals surface area contributed by atoms with E-state index in [1.807, 2.05) is 47.0 Å². The Morgan fingerprint density at radius 3 is 2.75 bits per heavy atom. The van der Waals surface area contributed by atoms with Crippen LogP contribution >= 0.6 is 11.8 Å². The Hall–Kier alpha value is -1.69. The zero-order chi connectivity index (χ0) is 16.9. The van der Waals surface area contributed by atoms with Crippen molar-refractivity contribution in [1.29, 1.82) is 0 Å². The van der Waals surface area contributed by atoms with E-state index >= 15 is 0 Å². The molecule has 3 atom stereocenters. The number of nitrogens with two attached hydrogens (primary N) is 1. The Morgan fingerprint density at radius 2 is 2.00 bits per heavy atom. The molecule has 2 aliphatic rings. The van der Waals surface area contributed by atoms with Crippen LogP contribution in [0.25, 0.3) is 0 Å². The van der Waals surface area contributed by atoms with Gasteiger partial charge in [-0.15, -0.1) is 0 Å². The fourth-order valence-electron chi connectivity index (χ4n) is 3.79. The van der Waals surface area contributed by atoms with Crippen molar-refractivity contribution < 1.29 is 9.59 Å². The molecule has 2 fully saturated rings. The zero-order valence-electron chi connectivity index (χ0n) is 13.8. The Labute approximate surface area is 147 Å². The Kier molecular flexibility index (Phi) is 5.66. The maximum atomic E-state index is 13.1. The van der Waals surface area contributed by atoms with Crippen molar-refractivity contribution in [2.45, 2.75) is 49.4 Å². The molecular weight excluding hydrogens is 322 g/mol. The summed E-state index contributed by atoms with van der Waals surface area (Å²) in [6.07, 6.45) is 5.16. The van der Waals surface area contributed by atoms with Crippen molar-refractivity contribution in [3.8, 4) is 0 Å². The highest BCUT2D eigenvalue weighted by Gasteiger charge is 2.38. The molecule has 1 aromatic rings. The van der Waals surface area contributed by atoms with E-state index in [1.54, 1.807) is 0 Å². The van der Waals surface area contributed by atoms with E-state index in [0.717, 1.165) is 24.3 Å². The minimum atomic E-state index is -0.643. The molecule has 3 amide bonds. The number of carbonyl (C=O) groups is 2. The summed E-state index contributed by atoms with van der Waals surface area (Å²) in [6.45, 7) is 0.760. The van der Waals surface area contributed by atoms with Crippen LogP contribution in [-0.4, -0.2) is 46.5 Å². The van der Waals surface area contributed by atoms with E-state index in [-0.39, 0.29) is 5.91 Å². The van der Waals surface area contributed by atoms with Gasteiger partial charge in [-0.3, -0.25) is 4.79 Å². The van der Waals surface area contributed by atoms with Gasteiger partial charge in [-0.1, -0.05) is 43.2 Å². The summed E-state index contributed by atoms with van der Waals surface area (Å²) in [5, 5.41) is 3.21. The number of benzene rings is 1. The third kappa shape index (κ3) is 4.04. The summed E-state index contributed by atoms with van der Waals surface area (Å²) in [5.74, 6) is 0.983.